The van der Waals surface area contributed by atoms with E-state index in [1.807, 2.05) is 35.2 Å². The van der Waals surface area contributed by atoms with Crippen molar-refractivity contribution in [2.24, 2.45) is 0 Å². The Balaban J connectivity index is 1.69. The van der Waals surface area contributed by atoms with Gasteiger partial charge in [-0.3, -0.25) is 14.5 Å². The van der Waals surface area contributed by atoms with E-state index in [4.69, 9.17) is 0 Å². The molecule has 5 nitrogen and oxygen atoms in total. The van der Waals surface area contributed by atoms with Crippen molar-refractivity contribution in [1.29, 1.82) is 0 Å². The molecule has 2 amide bonds. The highest BCUT2D eigenvalue weighted by molar-refractivity contribution is 5.92. The van der Waals surface area contributed by atoms with E-state index < -0.39 is 11.7 Å². The molecule has 0 bridgehead atoms. The summed E-state index contributed by atoms with van der Waals surface area (Å²) in [6.45, 7) is 0.941. The maximum atomic E-state index is 12.6. The van der Waals surface area contributed by atoms with Gasteiger partial charge in [0.05, 0.1) is 12.1 Å². The van der Waals surface area contributed by atoms with Crippen LogP contribution in [0.5, 0.6) is 0 Å². The number of carbonyl (C=O) groups excluding carboxylic acids is 2. The number of anilines is 1. The van der Waals surface area contributed by atoms with Gasteiger partial charge in [-0.25, -0.2) is 0 Å². The number of amides is 2. The van der Waals surface area contributed by atoms with Crippen LogP contribution in [0.4, 0.5) is 18.9 Å². The molecule has 148 valence electrons. The van der Waals surface area contributed by atoms with Crippen molar-refractivity contribution in [2.75, 3.05) is 25.0 Å². The van der Waals surface area contributed by atoms with Crippen LogP contribution in [0.2, 0.25) is 0 Å². The molecule has 0 saturated carbocycles. The molecule has 2 aromatic carbocycles. The zero-order chi connectivity index (χ0) is 20.1. The topological polar surface area (TPSA) is 61.4 Å². The molecule has 0 aliphatic carbocycles. The van der Waals surface area contributed by atoms with Crippen molar-refractivity contribution in [3.8, 4) is 0 Å². The molecule has 0 unspecified atom stereocenters. The second-order valence-electron chi connectivity index (χ2n) is 6.57. The van der Waals surface area contributed by atoms with Crippen LogP contribution in [0, 0.1) is 0 Å². The molecule has 1 saturated heterocycles. The Hall–Kier alpha value is -2.87. The molecule has 1 aliphatic rings. The first-order valence-electron chi connectivity index (χ1n) is 8.86. The molecule has 2 aromatic rings. The molecule has 1 heterocycles. The largest absolute Gasteiger partial charge is 0.416 e. The summed E-state index contributed by atoms with van der Waals surface area (Å²) in [5, 5.41) is 5.42. The van der Waals surface area contributed by atoms with Crippen LogP contribution in [-0.4, -0.2) is 36.3 Å². The minimum Gasteiger partial charge on any atom is -0.355 e. The van der Waals surface area contributed by atoms with Gasteiger partial charge in [0.25, 0.3) is 0 Å². The Morgan fingerprint density at radius 1 is 1.11 bits per heavy atom. The summed E-state index contributed by atoms with van der Waals surface area (Å²) in [5.41, 5.74) is 0.451. The van der Waals surface area contributed by atoms with Crippen molar-refractivity contribution in [2.45, 2.75) is 18.6 Å². The highest BCUT2D eigenvalue weighted by atomic mass is 19.4. The number of carbonyl (C=O) groups is 2. The van der Waals surface area contributed by atoms with Crippen molar-refractivity contribution < 1.29 is 22.8 Å². The van der Waals surface area contributed by atoms with Gasteiger partial charge in [0.15, 0.2) is 0 Å². The number of nitrogens with zero attached hydrogens (tertiary/aromatic N) is 1. The monoisotopic (exact) mass is 391 g/mol. The quantitative estimate of drug-likeness (QED) is 0.842. The second-order valence-corrected chi connectivity index (χ2v) is 6.57. The third-order valence-electron chi connectivity index (χ3n) is 4.57. The second kappa shape index (κ2) is 8.43. The SMILES string of the molecule is O=C1C[C@@H](c2ccccc2)N(CC(=O)Nc2ccc(C(F)(F)F)cc2)CCN1. The molecule has 3 rings (SSSR count). The first-order valence-corrected chi connectivity index (χ1v) is 8.86. The molecule has 0 aromatic heterocycles. The summed E-state index contributed by atoms with van der Waals surface area (Å²) in [5.74, 6) is -0.436. The lowest BCUT2D eigenvalue weighted by atomic mass is 10.0. The van der Waals surface area contributed by atoms with E-state index in [0.717, 1.165) is 17.7 Å². The maximum absolute atomic E-state index is 12.6. The Bertz CT molecular complexity index is 823. The van der Waals surface area contributed by atoms with Gasteiger partial charge in [0.1, 0.15) is 0 Å². The van der Waals surface area contributed by atoms with Gasteiger partial charge in [0, 0.05) is 31.2 Å². The van der Waals surface area contributed by atoms with E-state index in [1.165, 1.54) is 12.1 Å². The van der Waals surface area contributed by atoms with E-state index in [2.05, 4.69) is 10.6 Å². The van der Waals surface area contributed by atoms with Crippen LogP contribution in [0.25, 0.3) is 0 Å². The molecule has 28 heavy (non-hydrogen) atoms. The number of benzene rings is 2. The number of rotatable bonds is 4. The molecule has 1 atom stereocenters. The summed E-state index contributed by atoms with van der Waals surface area (Å²) in [6, 6.07) is 13.5. The standard InChI is InChI=1S/C20H20F3N3O2/c21-20(22,23)15-6-8-16(9-7-15)25-19(28)13-26-11-10-24-18(27)12-17(26)14-4-2-1-3-5-14/h1-9,17H,10-13H2,(H,24,27)(H,25,28)/t17-/m0/s1. The smallest absolute Gasteiger partial charge is 0.355 e. The van der Waals surface area contributed by atoms with Gasteiger partial charge >= 0.3 is 6.18 Å². The molecule has 0 radical (unpaired) electrons. The van der Waals surface area contributed by atoms with Gasteiger partial charge in [-0.05, 0) is 29.8 Å². The van der Waals surface area contributed by atoms with Gasteiger partial charge in [-0.2, -0.15) is 13.2 Å². The number of nitrogens with one attached hydrogen (secondary N) is 2. The first kappa shape index (κ1) is 19.9. The molecule has 8 heteroatoms. The number of halogens is 3. The van der Waals surface area contributed by atoms with E-state index in [1.54, 1.807) is 0 Å². The average molecular weight is 391 g/mol. The first-order chi connectivity index (χ1) is 13.3. The Kier molecular flexibility index (Phi) is 5.99. The van der Waals surface area contributed by atoms with Crippen molar-refractivity contribution in [1.82, 2.24) is 10.2 Å². The normalized spacial score (nSPS) is 18.2. The van der Waals surface area contributed by atoms with E-state index >= 15 is 0 Å². The fourth-order valence-electron chi connectivity index (χ4n) is 3.19. The summed E-state index contributed by atoms with van der Waals surface area (Å²) in [4.78, 5) is 26.3. The Morgan fingerprint density at radius 3 is 2.43 bits per heavy atom. The fraction of sp³-hybridized carbons (Fsp3) is 0.300. The van der Waals surface area contributed by atoms with Crippen LogP contribution >= 0.6 is 0 Å². The van der Waals surface area contributed by atoms with Gasteiger partial charge in [-0.15, -0.1) is 0 Å². The van der Waals surface area contributed by atoms with Gasteiger partial charge in [0.2, 0.25) is 11.8 Å². The third-order valence-corrected chi connectivity index (χ3v) is 4.57. The highest BCUT2D eigenvalue weighted by Crippen LogP contribution is 2.30. The summed E-state index contributed by atoms with van der Waals surface area (Å²) < 4.78 is 37.9. The molecule has 0 spiro atoms. The highest BCUT2D eigenvalue weighted by Gasteiger charge is 2.30. The number of alkyl halides is 3. The number of hydrogen-bond acceptors (Lipinski definition) is 3. The molecule has 1 aliphatic heterocycles. The minimum atomic E-state index is -4.42. The lowest BCUT2D eigenvalue weighted by molar-refractivity contribution is -0.137. The van der Waals surface area contributed by atoms with Gasteiger partial charge in [-0.1, -0.05) is 30.3 Å². The van der Waals surface area contributed by atoms with Crippen LogP contribution in [0.1, 0.15) is 23.6 Å². The summed E-state index contributed by atoms with van der Waals surface area (Å²) in [7, 11) is 0. The maximum Gasteiger partial charge on any atom is 0.416 e. The predicted molar refractivity (Wildman–Crippen MR) is 98.5 cm³/mol. The average Bonchev–Trinajstić information content (AvgIpc) is 2.83. The van der Waals surface area contributed by atoms with Crippen LogP contribution < -0.4 is 10.6 Å². The number of hydrogen-bond donors (Lipinski definition) is 2. The minimum absolute atomic E-state index is 0.0234. The Labute approximate surface area is 160 Å². The van der Waals surface area contributed by atoms with Crippen molar-refractivity contribution in [3.05, 3.63) is 65.7 Å². The third kappa shape index (κ3) is 5.10. The van der Waals surface area contributed by atoms with E-state index in [0.29, 0.717) is 18.8 Å². The summed E-state index contributed by atoms with van der Waals surface area (Å²) >= 11 is 0. The molecule has 2 N–H and O–H groups in total. The molecular weight excluding hydrogens is 371 g/mol. The predicted octanol–water partition coefficient (Wildman–Crippen LogP) is 3.21. The lowest BCUT2D eigenvalue weighted by Crippen LogP contribution is -2.37. The zero-order valence-corrected chi connectivity index (χ0v) is 15.0. The lowest BCUT2D eigenvalue weighted by Gasteiger charge is -2.28. The molecular formula is C20H20F3N3O2. The summed E-state index contributed by atoms with van der Waals surface area (Å²) in [6.07, 6.45) is -4.19. The van der Waals surface area contributed by atoms with Crippen LogP contribution in [0.3, 0.4) is 0 Å². The van der Waals surface area contributed by atoms with Crippen molar-refractivity contribution in [3.63, 3.8) is 0 Å². The van der Waals surface area contributed by atoms with E-state index in [9.17, 15) is 22.8 Å². The van der Waals surface area contributed by atoms with Gasteiger partial charge < -0.3 is 10.6 Å². The Morgan fingerprint density at radius 2 is 1.79 bits per heavy atom. The molecule has 1 fully saturated rings. The van der Waals surface area contributed by atoms with Crippen LogP contribution in [0.15, 0.2) is 54.6 Å². The van der Waals surface area contributed by atoms with E-state index in [-0.39, 0.29) is 30.8 Å². The van der Waals surface area contributed by atoms with Crippen LogP contribution in [-0.2, 0) is 15.8 Å². The zero-order valence-electron chi connectivity index (χ0n) is 15.0. The fourth-order valence-corrected chi connectivity index (χ4v) is 3.19. The van der Waals surface area contributed by atoms with Crippen molar-refractivity contribution >= 4 is 17.5 Å².